The zero-order valence-electron chi connectivity index (χ0n) is 18.1. The van der Waals surface area contributed by atoms with Gasteiger partial charge in [0.25, 0.3) is 5.91 Å². The van der Waals surface area contributed by atoms with Crippen LogP contribution in [0.1, 0.15) is 54.9 Å². The Morgan fingerprint density at radius 3 is 2.73 bits per heavy atom. The molecular weight excluding hydrogens is 398 g/mol. The Bertz CT molecular complexity index is 863. The molecule has 2 aromatic rings. The zero-order chi connectivity index (χ0) is 21.5. The molecule has 1 unspecified atom stereocenters. The summed E-state index contributed by atoms with van der Waals surface area (Å²) >= 11 is 1.42. The second-order valence-electron chi connectivity index (χ2n) is 7.63. The first-order valence-corrected chi connectivity index (χ1v) is 11.6. The fourth-order valence-corrected chi connectivity index (χ4v) is 4.67. The molecule has 1 saturated heterocycles. The molecule has 1 fully saturated rings. The number of ether oxygens (including phenoxy) is 1. The van der Waals surface area contributed by atoms with Crippen molar-refractivity contribution < 1.29 is 14.3 Å². The van der Waals surface area contributed by atoms with E-state index in [1.165, 1.54) is 11.3 Å². The first-order chi connectivity index (χ1) is 14.5. The molecule has 0 aliphatic carbocycles. The molecule has 0 bridgehead atoms. The molecule has 7 heteroatoms. The summed E-state index contributed by atoms with van der Waals surface area (Å²) in [5, 5.41) is 3.83. The van der Waals surface area contributed by atoms with Gasteiger partial charge in [0.1, 0.15) is 15.6 Å². The van der Waals surface area contributed by atoms with E-state index < -0.39 is 0 Å². The lowest BCUT2D eigenvalue weighted by Gasteiger charge is -2.31. The summed E-state index contributed by atoms with van der Waals surface area (Å²) in [6, 6.07) is 7.77. The van der Waals surface area contributed by atoms with Crippen molar-refractivity contribution >= 4 is 23.2 Å². The monoisotopic (exact) mass is 429 g/mol. The van der Waals surface area contributed by atoms with Crippen LogP contribution in [0.25, 0.3) is 10.6 Å². The van der Waals surface area contributed by atoms with Crippen LogP contribution >= 0.6 is 11.3 Å². The van der Waals surface area contributed by atoms with Gasteiger partial charge in [-0.05, 0) is 57.4 Å². The van der Waals surface area contributed by atoms with Crippen LogP contribution in [0.5, 0.6) is 5.75 Å². The Labute approximate surface area is 182 Å². The predicted octanol–water partition coefficient (Wildman–Crippen LogP) is 4.29. The number of nitrogens with one attached hydrogen (secondary N) is 1. The molecule has 0 saturated carbocycles. The van der Waals surface area contributed by atoms with Crippen molar-refractivity contribution in [1.82, 2.24) is 15.2 Å². The number of benzene rings is 1. The highest BCUT2D eigenvalue weighted by atomic mass is 32.1. The SMILES string of the molecule is CCCCNC(=O)C1CCCN(C(=O)c2sc(-c3ccc(OCC)cc3)nc2C)C1. The van der Waals surface area contributed by atoms with Gasteiger partial charge in [-0.3, -0.25) is 9.59 Å². The fourth-order valence-electron chi connectivity index (χ4n) is 3.63. The number of piperidine rings is 1. The first-order valence-electron chi connectivity index (χ1n) is 10.8. The first kappa shape index (κ1) is 22.3. The lowest BCUT2D eigenvalue weighted by Crippen LogP contribution is -2.45. The molecule has 1 aliphatic rings. The quantitative estimate of drug-likeness (QED) is 0.636. The number of amides is 2. The fraction of sp³-hybridized carbons (Fsp3) is 0.522. The van der Waals surface area contributed by atoms with E-state index in [4.69, 9.17) is 4.74 Å². The van der Waals surface area contributed by atoms with Gasteiger partial charge in [0.15, 0.2) is 0 Å². The van der Waals surface area contributed by atoms with Crippen LogP contribution in [0.15, 0.2) is 24.3 Å². The number of likely N-dealkylation sites (tertiary alicyclic amines) is 1. The third-order valence-corrected chi connectivity index (χ3v) is 6.51. The van der Waals surface area contributed by atoms with Gasteiger partial charge in [0.2, 0.25) is 5.91 Å². The van der Waals surface area contributed by atoms with Crippen LogP contribution in [0, 0.1) is 12.8 Å². The van der Waals surface area contributed by atoms with Gasteiger partial charge in [-0.1, -0.05) is 13.3 Å². The molecule has 1 aromatic carbocycles. The Hall–Kier alpha value is -2.41. The summed E-state index contributed by atoms with van der Waals surface area (Å²) < 4.78 is 5.49. The summed E-state index contributed by atoms with van der Waals surface area (Å²) in [5.74, 6) is 0.742. The summed E-state index contributed by atoms with van der Waals surface area (Å²) in [4.78, 5) is 32.7. The van der Waals surface area contributed by atoms with Crippen molar-refractivity contribution in [3.63, 3.8) is 0 Å². The standard InChI is InChI=1S/C23H31N3O3S/c1-4-6-13-24-21(27)18-8-7-14-26(15-18)23(28)20-16(3)25-22(30-20)17-9-11-19(12-10-17)29-5-2/h9-12,18H,4-8,13-15H2,1-3H3,(H,24,27). The van der Waals surface area contributed by atoms with Crippen molar-refractivity contribution in [3.05, 3.63) is 34.8 Å². The lowest BCUT2D eigenvalue weighted by molar-refractivity contribution is -0.126. The van der Waals surface area contributed by atoms with Gasteiger partial charge in [0, 0.05) is 25.2 Å². The van der Waals surface area contributed by atoms with E-state index in [0.717, 1.165) is 47.7 Å². The smallest absolute Gasteiger partial charge is 0.265 e. The van der Waals surface area contributed by atoms with Crippen molar-refractivity contribution in [2.75, 3.05) is 26.2 Å². The third kappa shape index (κ3) is 5.39. The molecule has 6 nitrogen and oxygen atoms in total. The van der Waals surface area contributed by atoms with E-state index in [0.29, 0.717) is 31.1 Å². The van der Waals surface area contributed by atoms with E-state index >= 15 is 0 Å². The second-order valence-corrected chi connectivity index (χ2v) is 8.62. The van der Waals surface area contributed by atoms with Crippen molar-refractivity contribution in [3.8, 4) is 16.3 Å². The number of thiazole rings is 1. The number of aromatic nitrogens is 1. The van der Waals surface area contributed by atoms with Gasteiger partial charge < -0.3 is 15.0 Å². The van der Waals surface area contributed by atoms with E-state index in [1.54, 1.807) is 0 Å². The molecule has 3 rings (SSSR count). The third-order valence-electron chi connectivity index (χ3n) is 5.31. The van der Waals surface area contributed by atoms with Crippen LogP contribution in [-0.4, -0.2) is 47.9 Å². The summed E-state index contributed by atoms with van der Waals surface area (Å²) in [7, 11) is 0. The van der Waals surface area contributed by atoms with E-state index in [1.807, 2.05) is 43.0 Å². The van der Waals surface area contributed by atoms with Crippen molar-refractivity contribution in [2.24, 2.45) is 5.92 Å². The number of carbonyl (C=O) groups excluding carboxylic acids is 2. The Kier molecular flexibility index (Phi) is 7.85. The topological polar surface area (TPSA) is 71.5 Å². The highest BCUT2D eigenvalue weighted by Crippen LogP contribution is 2.31. The number of unbranched alkanes of at least 4 members (excludes halogenated alkanes) is 1. The minimum Gasteiger partial charge on any atom is -0.494 e. The van der Waals surface area contributed by atoms with Crippen LogP contribution in [0.3, 0.4) is 0 Å². The van der Waals surface area contributed by atoms with E-state index in [2.05, 4.69) is 17.2 Å². The second kappa shape index (κ2) is 10.6. The predicted molar refractivity (Wildman–Crippen MR) is 120 cm³/mol. The molecule has 1 aliphatic heterocycles. The number of hydrogen-bond donors (Lipinski definition) is 1. The maximum atomic E-state index is 13.2. The highest BCUT2D eigenvalue weighted by molar-refractivity contribution is 7.17. The number of nitrogens with zero attached hydrogens (tertiary/aromatic N) is 2. The van der Waals surface area contributed by atoms with Gasteiger partial charge in [-0.15, -0.1) is 11.3 Å². The molecular formula is C23H31N3O3S. The molecule has 30 heavy (non-hydrogen) atoms. The largest absolute Gasteiger partial charge is 0.494 e. The maximum absolute atomic E-state index is 13.2. The Morgan fingerprint density at radius 1 is 1.27 bits per heavy atom. The van der Waals surface area contributed by atoms with Crippen molar-refractivity contribution in [1.29, 1.82) is 0 Å². The Morgan fingerprint density at radius 2 is 2.03 bits per heavy atom. The van der Waals surface area contributed by atoms with Gasteiger partial charge in [0.05, 0.1) is 18.2 Å². The number of hydrogen-bond acceptors (Lipinski definition) is 5. The molecule has 1 atom stereocenters. The van der Waals surface area contributed by atoms with Gasteiger partial charge in [-0.2, -0.15) is 0 Å². The lowest BCUT2D eigenvalue weighted by atomic mass is 9.97. The molecule has 2 heterocycles. The Balaban J connectivity index is 1.68. The van der Waals surface area contributed by atoms with E-state index in [9.17, 15) is 9.59 Å². The zero-order valence-corrected chi connectivity index (χ0v) is 18.9. The number of rotatable bonds is 8. The average Bonchev–Trinajstić information content (AvgIpc) is 3.15. The molecule has 0 radical (unpaired) electrons. The minimum atomic E-state index is -0.127. The van der Waals surface area contributed by atoms with E-state index in [-0.39, 0.29) is 17.7 Å². The summed E-state index contributed by atoms with van der Waals surface area (Å²) in [5.41, 5.74) is 1.71. The van der Waals surface area contributed by atoms with Crippen LogP contribution in [0.2, 0.25) is 0 Å². The molecule has 0 spiro atoms. The van der Waals surface area contributed by atoms with Crippen LogP contribution < -0.4 is 10.1 Å². The summed E-state index contributed by atoms with van der Waals surface area (Å²) in [6.45, 7) is 8.43. The van der Waals surface area contributed by atoms with Gasteiger partial charge >= 0.3 is 0 Å². The van der Waals surface area contributed by atoms with Crippen molar-refractivity contribution in [2.45, 2.75) is 46.5 Å². The normalized spacial score (nSPS) is 16.4. The van der Waals surface area contributed by atoms with Gasteiger partial charge in [-0.25, -0.2) is 4.98 Å². The van der Waals surface area contributed by atoms with Crippen LogP contribution in [-0.2, 0) is 4.79 Å². The molecule has 1 N–H and O–H groups in total. The van der Waals surface area contributed by atoms with Crippen LogP contribution in [0.4, 0.5) is 0 Å². The maximum Gasteiger partial charge on any atom is 0.265 e. The number of aryl methyl sites for hydroxylation is 1. The molecule has 2 amide bonds. The average molecular weight is 430 g/mol. The minimum absolute atomic E-state index is 0.0201. The molecule has 1 aromatic heterocycles. The number of carbonyl (C=O) groups is 2. The molecule has 162 valence electrons. The summed E-state index contributed by atoms with van der Waals surface area (Å²) in [6.07, 6.45) is 3.72. The highest BCUT2D eigenvalue weighted by Gasteiger charge is 2.30.